The number of aromatic nitrogens is 1. The van der Waals surface area contributed by atoms with Gasteiger partial charge in [-0.25, -0.2) is 0 Å². The van der Waals surface area contributed by atoms with Gasteiger partial charge in [0.1, 0.15) is 12.4 Å². The van der Waals surface area contributed by atoms with Crippen LogP contribution in [0, 0.1) is 6.92 Å². The smallest absolute Gasteiger partial charge is 0.138 e. The van der Waals surface area contributed by atoms with Gasteiger partial charge in [-0.05, 0) is 54.3 Å². The van der Waals surface area contributed by atoms with Crippen molar-refractivity contribution in [1.29, 1.82) is 0 Å². The summed E-state index contributed by atoms with van der Waals surface area (Å²) in [6.45, 7) is 3.97. The lowest BCUT2D eigenvalue weighted by atomic mass is 10.1. The van der Waals surface area contributed by atoms with Gasteiger partial charge in [0.05, 0.1) is 6.20 Å². The van der Waals surface area contributed by atoms with Gasteiger partial charge in [0.2, 0.25) is 0 Å². The van der Waals surface area contributed by atoms with E-state index in [0.717, 1.165) is 24.5 Å². The SMILES string of the molecule is Cc1cscc1-c1cncc(OC[C@H]2CCCN2)c1. The number of hydrogen-bond donors (Lipinski definition) is 1. The Labute approximate surface area is 117 Å². The summed E-state index contributed by atoms with van der Waals surface area (Å²) < 4.78 is 5.85. The summed E-state index contributed by atoms with van der Waals surface area (Å²) in [6, 6.07) is 2.57. The molecule has 1 aliphatic rings. The van der Waals surface area contributed by atoms with Crippen LogP contribution in [0.1, 0.15) is 18.4 Å². The highest BCUT2D eigenvalue weighted by Crippen LogP contribution is 2.28. The summed E-state index contributed by atoms with van der Waals surface area (Å²) >= 11 is 1.72. The van der Waals surface area contributed by atoms with E-state index in [0.29, 0.717) is 6.04 Å². The highest BCUT2D eigenvalue weighted by Gasteiger charge is 2.14. The predicted molar refractivity (Wildman–Crippen MR) is 78.8 cm³/mol. The van der Waals surface area contributed by atoms with Crippen LogP contribution in [0.3, 0.4) is 0 Å². The molecule has 0 spiro atoms. The molecule has 3 nitrogen and oxygen atoms in total. The number of nitrogens with zero attached hydrogens (tertiary/aromatic N) is 1. The normalized spacial score (nSPS) is 18.7. The third kappa shape index (κ3) is 2.96. The Bertz CT molecular complexity index is 547. The molecule has 3 heterocycles. The summed E-state index contributed by atoms with van der Waals surface area (Å²) in [6.07, 6.45) is 6.15. The molecule has 100 valence electrons. The monoisotopic (exact) mass is 274 g/mol. The fourth-order valence-corrected chi connectivity index (χ4v) is 3.25. The molecule has 1 saturated heterocycles. The number of hydrogen-bond acceptors (Lipinski definition) is 4. The van der Waals surface area contributed by atoms with Crippen molar-refractivity contribution < 1.29 is 4.74 Å². The first-order chi connectivity index (χ1) is 9.33. The molecule has 1 N–H and O–H groups in total. The van der Waals surface area contributed by atoms with E-state index < -0.39 is 0 Å². The first-order valence-corrected chi connectivity index (χ1v) is 7.61. The van der Waals surface area contributed by atoms with Gasteiger partial charge in [0, 0.05) is 17.8 Å². The van der Waals surface area contributed by atoms with Crippen LogP contribution >= 0.6 is 11.3 Å². The van der Waals surface area contributed by atoms with Gasteiger partial charge in [-0.1, -0.05) is 0 Å². The molecule has 1 atom stereocenters. The van der Waals surface area contributed by atoms with Crippen molar-refractivity contribution in [2.45, 2.75) is 25.8 Å². The molecule has 2 aromatic rings. The number of nitrogens with one attached hydrogen (secondary N) is 1. The molecule has 19 heavy (non-hydrogen) atoms. The molecule has 0 aliphatic carbocycles. The minimum absolute atomic E-state index is 0.492. The van der Waals surface area contributed by atoms with E-state index in [9.17, 15) is 0 Å². The van der Waals surface area contributed by atoms with Crippen molar-refractivity contribution >= 4 is 11.3 Å². The number of rotatable bonds is 4. The molecule has 0 radical (unpaired) electrons. The predicted octanol–water partition coefficient (Wildman–Crippen LogP) is 3.25. The number of pyridine rings is 1. The van der Waals surface area contributed by atoms with E-state index >= 15 is 0 Å². The largest absolute Gasteiger partial charge is 0.490 e. The van der Waals surface area contributed by atoms with Crippen molar-refractivity contribution in [2.24, 2.45) is 0 Å². The van der Waals surface area contributed by atoms with Crippen molar-refractivity contribution in [3.63, 3.8) is 0 Å². The second kappa shape index (κ2) is 5.72. The number of ether oxygens (including phenoxy) is 1. The van der Waals surface area contributed by atoms with Crippen molar-refractivity contribution in [3.8, 4) is 16.9 Å². The minimum Gasteiger partial charge on any atom is -0.490 e. The highest BCUT2D eigenvalue weighted by molar-refractivity contribution is 7.08. The fraction of sp³-hybridized carbons (Fsp3) is 0.400. The maximum atomic E-state index is 5.85. The molecule has 0 saturated carbocycles. The van der Waals surface area contributed by atoms with Gasteiger partial charge in [-0.15, -0.1) is 0 Å². The lowest BCUT2D eigenvalue weighted by Gasteiger charge is -2.12. The van der Waals surface area contributed by atoms with E-state index in [4.69, 9.17) is 4.74 Å². The minimum atomic E-state index is 0.492. The van der Waals surface area contributed by atoms with E-state index in [1.807, 2.05) is 6.20 Å². The van der Waals surface area contributed by atoms with Gasteiger partial charge in [-0.2, -0.15) is 11.3 Å². The van der Waals surface area contributed by atoms with Gasteiger partial charge in [-0.3, -0.25) is 4.98 Å². The summed E-state index contributed by atoms with van der Waals surface area (Å²) in [7, 11) is 0. The Morgan fingerprint density at radius 2 is 2.37 bits per heavy atom. The maximum Gasteiger partial charge on any atom is 0.138 e. The third-order valence-corrected chi connectivity index (χ3v) is 4.35. The Morgan fingerprint density at radius 1 is 1.42 bits per heavy atom. The van der Waals surface area contributed by atoms with Crippen LogP contribution < -0.4 is 10.1 Å². The van der Waals surface area contributed by atoms with Crippen molar-refractivity contribution in [3.05, 3.63) is 34.8 Å². The van der Waals surface area contributed by atoms with Crippen LogP contribution in [0.15, 0.2) is 29.2 Å². The van der Waals surface area contributed by atoms with Gasteiger partial charge >= 0.3 is 0 Å². The zero-order valence-corrected chi connectivity index (χ0v) is 11.9. The van der Waals surface area contributed by atoms with Gasteiger partial charge in [0.25, 0.3) is 0 Å². The third-order valence-electron chi connectivity index (χ3n) is 3.49. The van der Waals surface area contributed by atoms with Gasteiger partial charge < -0.3 is 10.1 Å². The highest BCUT2D eigenvalue weighted by atomic mass is 32.1. The van der Waals surface area contributed by atoms with Gasteiger partial charge in [0.15, 0.2) is 0 Å². The lowest BCUT2D eigenvalue weighted by molar-refractivity contribution is 0.276. The first-order valence-electron chi connectivity index (χ1n) is 6.67. The summed E-state index contributed by atoms with van der Waals surface area (Å²) in [5, 5.41) is 7.75. The van der Waals surface area contributed by atoms with Crippen molar-refractivity contribution in [1.82, 2.24) is 10.3 Å². The average molecular weight is 274 g/mol. The molecule has 0 unspecified atom stereocenters. The van der Waals surface area contributed by atoms with Crippen molar-refractivity contribution in [2.75, 3.05) is 13.2 Å². The molecule has 3 rings (SSSR count). The quantitative estimate of drug-likeness (QED) is 0.929. The first kappa shape index (κ1) is 12.6. The maximum absolute atomic E-state index is 5.85. The van der Waals surface area contributed by atoms with E-state index in [1.165, 1.54) is 24.0 Å². The van der Waals surface area contributed by atoms with E-state index in [2.05, 4.69) is 34.1 Å². The lowest BCUT2D eigenvalue weighted by Crippen LogP contribution is -2.28. The second-order valence-electron chi connectivity index (χ2n) is 4.98. The number of aryl methyl sites for hydroxylation is 1. The molecule has 0 aromatic carbocycles. The molecule has 4 heteroatoms. The molecule has 0 amide bonds. The zero-order valence-electron chi connectivity index (χ0n) is 11.1. The van der Waals surface area contributed by atoms with Crippen LogP contribution in [-0.2, 0) is 0 Å². The summed E-state index contributed by atoms with van der Waals surface area (Å²) in [5.41, 5.74) is 3.68. The molecular formula is C15H18N2OS. The topological polar surface area (TPSA) is 34.1 Å². The van der Waals surface area contributed by atoms with Crippen LogP contribution in [0.4, 0.5) is 0 Å². The fourth-order valence-electron chi connectivity index (χ4n) is 2.40. The molecule has 1 aliphatic heterocycles. The molecule has 0 bridgehead atoms. The Hall–Kier alpha value is -1.39. The van der Waals surface area contributed by atoms with Crippen LogP contribution in [0.2, 0.25) is 0 Å². The summed E-state index contributed by atoms with van der Waals surface area (Å²) in [5.74, 6) is 0.858. The Balaban J connectivity index is 1.71. The molecular weight excluding hydrogens is 256 g/mol. The average Bonchev–Trinajstić information content (AvgIpc) is 3.08. The van der Waals surface area contributed by atoms with Crippen LogP contribution in [0.25, 0.3) is 11.1 Å². The molecule has 1 fully saturated rings. The van der Waals surface area contributed by atoms with E-state index in [1.54, 1.807) is 17.5 Å². The Morgan fingerprint density at radius 3 is 3.11 bits per heavy atom. The zero-order chi connectivity index (χ0) is 13.1. The summed E-state index contributed by atoms with van der Waals surface area (Å²) in [4.78, 5) is 4.29. The van der Waals surface area contributed by atoms with Crippen LogP contribution in [-0.4, -0.2) is 24.2 Å². The molecule has 2 aromatic heterocycles. The van der Waals surface area contributed by atoms with Crippen LogP contribution in [0.5, 0.6) is 5.75 Å². The number of thiophene rings is 1. The standard InChI is InChI=1S/C15H18N2OS/c1-11-9-19-10-15(11)12-5-14(7-16-6-12)18-8-13-3-2-4-17-13/h5-7,9-10,13,17H,2-4,8H2,1H3/t13-/m1/s1. The second-order valence-corrected chi connectivity index (χ2v) is 5.73. The van der Waals surface area contributed by atoms with E-state index in [-0.39, 0.29) is 0 Å². The Kier molecular flexibility index (Phi) is 3.80.